The number of carbonyl (C=O) groups excluding carboxylic acids is 4. The third-order valence-electron chi connectivity index (χ3n) is 33.2. The molecule has 0 amide bonds. The van der Waals surface area contributed by atoms with Gasteiger partial charge in [-0.05, 0) is 210 Å². The highest BCUT2D eigenvalue weighted by molar-refractivity contribution is 6.00. The smallest absolute Gasteiger partial charge is 0.161 e. The molecule has 8 heterocycles. The van der Waals surface area contributed by atoms with Gasteiger partial charge >= 0.3 is 0 Å². The molecule has 12 atom stereocenters. The summed E-state index contributed by atoms with van der Waals surface area (Å²) in [5.41, 5.74) is 16.8. The molecule has 2 fully saturated rings. The highest BCUT2D eigenvalue weighted by Gasteiger charge is 2.59. The van der Waals surface area contributed by atoms with Crippen LogP contribution in [0.15, 0.2) is 280 Å². The number of fused-ring (bicyclic) bond motifs is 16. The van der Waals surface area contributed by atoms with Gasteiger partial charge in [-0.3, -0.25) is 39.1 Å². The van der Waals surface area contributed by atoms with Crippen LogP contribution in [0.5, 0.6) is 0 Å². The van der Waals surface area contributed by atoms with Crippen LogP contribution in [0, 0.1) is 69.6 Å². The number of para-hydroxylation sites is 4. The molecule has 24 rings (SSSR count). The van der Waals surface area contributed by atoms with Crippen molar-refractivity contribution >= 4 is 66.7 Å². The maximum Gasteiger partial charge on any atom is 0.161 e. The molecule has 0 aliphatic heterocycles. The SMILES string of the molecule is C=CC[C@@]1(C)C(=O)C=C[C@@]2(C)c3nc(-c4ccnc5ccccc45)nc(-c4ccccc4F)c3CC[C@H]12.CCC[C@@]1(C)C(=O)CC[C@@]2(C)c3nc(-c4ccnc5ccccc45)nc(-c4ccccc4F)c3CC[C@H]12.C[C@H]1C(=O)C=C[C@@]2(C)c3nc(-c4ccnc5ccccc45)nc(-c4ccccc4F)c3CC[C@H]12.C[C@H]1C(=O)CC[C@@]2(C)c3nc(-c4ccnc5ccccc45)nc(-c4ccccc4F)c3CC[C@H]12. The van der Waals surface area contributed by atoms with Crippen molar-refractivity contribution in [3.63, 3.8) is 0 Å². The fraction of sp³-hybridized carbons (Fsp3) is 0.295. The maximum absolute atomic E-state index is 15.2. The van der Waals surface area contributed by atoms with Gasteiger partial charge in [-0.2, -0.15) is 0 Å². The second-order valence-electron chi connectivity index (χ2n) is 41.2. The van der Waals surface area contributed by atoms with Gasteiger partial charge in [0.15, 0.2) is 34.9 Å². The Morgan fingerprint density at radius 3 is 1.11 bits per heavy atom. The molecule has 0 saturated heterocycles. The first-order chi connectivity index (χ1) is 68.7. The van der Waals surface area contributed by atoms with E-state index in [0.717, 1.165) is 175 Å². The first kappa shape index (κ1) is 93.6. The van der Waals surface area contributed by atoms with Gasteiger partial charge in [-0.25, -0.2) is 57.4 Å². The van der Waals surface area contributed by atoms with Crippen molar-refractivity contribution < 1.29 is 36.7 Å². The van der Waals surface area contributed by atoms with E-state index in [4.69, 9.17) is 39.9 Å². The zero-order valence-electron chi connectivity index (χ0n) is 81.3. The van der Waals surface area contributed by atoms with Crippen LogP contribution in [-0.2, 0) is 66.5 Å². The Bertz CT molecular complexity index is 7900. The molecule has 0 unspecified atom stereocenters. The Balaban J connectivity index is 0.000000112. The topological polar surface area (TPSA) is 223 Å². The normalized spacial score (nSPS) is 24.3. The summed E-state index contributed by atoms with van der Waals surface area (Å²) in [5, 5.41) is 3.82. The van der Waals surface area contributed by atoms with Crippen molar-refractivity contribution in [3.05, 3.63) is 348 Å². The first-order valence-corrected chi connectivity index (χ1v) is 49.8. The number of benzene rings is 8. The van der Waals surface area contributed by atoms with Gasteiger partial charge in [0.1, 0.15) is 34.8 Å². The molecule has 0 radical (unpaired) electrons. The number of hydrogen-bond acceptors (Lipinski definition) is 16. The predicted molar refractivity (Wildman–Crippen MR) is 550 cm³/mol. The number of ketones is 4. The Morgan fingerprint density at radius 1 is 0.352 bits per heavy atom. The molecule has 20 heteroatoms. The van der Waals surface area contributed by atoms with Crippen LogP contribution in [0.4, 0.5) is 17.6 Å². The molecule has 142 heavy (non-hydrogen) atoms. The lowest BCUT2D eigenvalue weighted by Crippen LogP contribution is -2.54. The molecular formula is C122H110F4N12O4. The second kappa shape index (κ2) is 37.1. The number of pyridine rings is 4. The predicted octanol–water partition coefficient (Wildman–Crippen LogP) is 26.9. The fourth-order valence-electron chi connectivity index (χ4n) is 25.8. The molecule has 0 spiro atoms. The minimum absolute atomic E-state index is 0.00369. The number of hydrogen-bond donors (Lipinski definition) is 0. The van der Waals surface area contributed by atoms with Crippen molar-refractivity contribution in [3.8, 4) is 90.6 Å². The van der Waals surface area contributed by atoms with Crippen LogP contribution in [0.1, 0.15) is 178 Å². The molecule has 0 N–H and O–H groups in total. The van der Waals surface area contributed by atoms with Crippen LogP contribution in [0.2, 0.25) is 0 Å². The average molecular weight is 1880 g/mol. The fourth-order valence-corrected chi connectivity index (χ4v) is 25.8. The molecule has 16 aromatic rings. The van der Waals surface area contributed by atoms with E-state index in [1.165, 1.54) is 24.3 Å². The quantitative estimate of drug-likeness (QED) is 0.0819. The van der Waals surface area contributed by atoms with Gasteiger partial charge in [-0.15, -0.1) is 6.58 Å². The zero-order valence-corrected chi connectivity index (χ0v) is 81.3. The lowest BCUT2D eigenvalue weighted by atomic mass is 9.49. The molecule has 710 valence electrons. The van der Waals surface area contributed by atoms with Gasteiger partial charge in [-0.1, -0.05) is 208 Å². The molecule has 0 bridgehead atoms. The summed E-state index contributed by atoms with van der Waals surface area (Å²) in [6.45, 7) is 23.2. The number of carbonyl (C=O) groups is 4. The van der Waals surface area contributed by atoms with Gasteiger partial charge in [0, 0.05) is 170 Å². The van der Waals surface area contributed by atoms with Crippen molar-refractivity contribution in [2.45, 2.75) is 180 Å². The van der Waals surface area contributed by atoms with E-state index < -0.39 is 16.2 Å². The number of Topliss-reactive ketones (excluding diaryl/α,β-unsaturated/α-hetero) is 2. The lowest BCUT2D eigenvalue weighted by Gasteiger charge is -2.54. The Morgan fingerprint density at radius 2 is 0.697 bits per heavy atom. The number of nitrogens with zero attached hydrogens (tertiary/aromatic N) is 12. The van der Waals surface area contributed by atoms with Crippen molar-refractivity contribution in [1.29, 1.82) is 0 Å². The Labute approximate surface area is 823 Å². The van der Waals surface area contributed by atoms with Crippen LogP contribution in [0.25, 0.3) is 134 Å². The van der Waals surface area contributed by atoms with Gasteiger partial charge in [0.2, 0.25) is 0 Å². The van der Waals surface area contributed by atoms with Crippen molar-refractivity contribution in [2.75, 3.05) is 0 Å². The number of halogens is 4. The van der Waals surface area contributed by atoms with Crippen LogP contribution in [0.3, 0.4) is 0 Å². The first-order valence-electron chi connectivity index (χ1n) is 49.8. The van der Waals surface area contributed by atoms with E-state index in [1.54, 1.807) is 79.4 Å². The molecule has 8 aliphatic rings. The molecule has 2 saturated carbocycles. The van der Waals surface area contributed by atoms with Crippen LogP contribution in [-0.4, -0.2) is 82.9 Å². The van der Waals surface area contributed by atoms with E-state index in [9.17, 15) is 19.2 Å². The number of rotatable bonds is 12. The van der Waals surface area contributed by atoms with Gasteiger partial charge < -0.3 is 0 Å². The largest absolute Gasteiger partial charge is 0.299 e. The molecule has 16 nitrogen and oxygen atoms in total. The minimum atomic E-state index is -0.574. The van der Waals surface area contributed by atoms with Crippen molar-refractivity contribution in [1.82, 2.24) is 59.8 Å². The second-order valence-corrected chi connectivity index (χ2v) is 41.2. The molecule has 8 aliphatic carbocycles. The van der Waals surface area contributed by atoms with E-state index in [0.29, 0.717) is 112 Å². The monoisotopic (exact) mass is 1880 g/mol. The van der Waals surface area contributed by atoms with E-state index >= 15 is 17.6 Å². The third-order valence-corrected chi connectivity index (χ3v) is 33.2. The zero-order chi connectivity index (χ0) is 98.5. The summed E-state index contributed by atoms with van der Waals surface area (Å²) in [4.78, 5) is 110. The Hall–Kier alpha value is -14.7. The van der Waals surface area contributed by atoms with E-state index in [2.05, 4.69) is 75.0 Å². The third kappa shape index (κ3) is 15.9. The molecule has 8 aromatic heterocycles. The van der Waals surface area contributed by atoms with Crippen LogP contribution < -0.4 is 0 Å². The summed E-state index contributed by atoms with van der Waals surface area (Å²) in [6, 6.07) is 66.7. The van der Waals surface area contributed by atoms with Crippen molar-refractivity contribution in [2.24, 2.45) is 46.3 Å². The number of allylic oxidation sites excluding steroid dienone is 5. The highest BCUT2D eigenvalue weighted by atomic mass is 19.1. The average Bonchev–Trinajstić information content (AvgIpc) is 0.712. The minimum Gasteiger partial charge on any atom is -0.299 e. The summed E-state index contributed by atoms with van der Waals surface area (Å²) >= 11 is 0. The van der Waals surface area contributed by atoms with Gasteiger partial charge in [0.05, 0.1) is 67.6 Å². The van der Waals surface area contributed by atoms with E-state index in [1.807, 2.05) is 184 Å². The summed E-state index contributed by atoms with van der Waals surface area (Å²) in [6.07, 6.45) is 27.7. The van der Waals surface area contributed by atoms with E-state index in [-0.39, 0.29) is 86.6 Å². The highest BCUT2D eigenvalue weighted by Crippen LogP contribution is 2.61. The number of aromatic nitrogens is 12. The summed E-state index contributed by atoms with van der Waals surface area (Å²) in [5.74, 6) is 2.61. The standard InChI is InChI=1S/C32H32FN3O.C32H28FN3O.C29H26FN3O.C29H24FN3O/c2*1-4-17-31(2)26-14-13-23-28(22-10-5-7-11-24(22)33)35-30(36-29(23)32(26,3)18-15-27(31)37)21-16-19-34-25-12-8-6-9-20(21)25;2*1-17-22-12-11-21-26(20-8-3-5-9-23(20)30)32-28(33-27(21)29(22,2)15-13-25(17)34)19-14-16-31-24-10-6-4-7-18(19)24/h5-12,16,19,26H,4,13-15,17-18H2,1-3H3;4-12,15-16,18-19,26H,1,13-14,17H2,2-3H3;3-10,14,16-17,22H,11-13,15H2,1-2H3;3-10,13-17,22H,11-12H2,1-2H3/t2*26-,31-,32-;2*17-,22-,29-/m1111/s1. The lowest BCUT2D eigenvalue weighted by molar-refractivity contribution is -0.139. The Kier molecular flexibility index (Phi) is 24.5. The summed E-state index contributed by atoms with van der Waals surface area (Å²) < 4.78 is 60.5. The van der Waals surface area contributed by atoms with Gasteiger partial charge in [0.25, 0.3) is 0 Å². The summed E-state index contributed by atoms with van der Waals surface area (Å²) in [7, 11) is 0. The maximum atomic E-state index is 15.2. The van der Waals surface area contributed by atoms with Crippen LogP contribution >= 0.6 is 0 Å². The molecular weight excluding hydrogens is 1770 g/mol. The molecule has 8 aromatic carbocycles.